The lowest BCUT2D eigenvalue weighted by Gasteiger charge is -2.16. The highest BCUT2D eigenvalue weighted by Crippen LogP contribution is 2.29. The molecule has 26 heavy (non-hydrogen) atoms. The summed E-state index contributed by atoms with van der Waals surface area (Å²) in [5, 5.41) is 3.63. The van der Waals surface area contributed by atoms with Gasteiger partial charge < -0.3 is 5.32 Å². The van der Waals surface area contributed by atoms with E-state index in [0.29, 0.717) is 15.1 Å². The first kappa shape index (κ1) is 17.0. The van der Waals surface area contributed by atoms with Crippen molar-refractivity contribution >= 4 is 27.5 Å². The summed E-state index contributed by atoms with van der Waals surface area (Å²) in [7, 11) is 0. The Morgan fingerprint density at radius 3 is 2.81 bits per heavy atom. The number of aryl methyl sites for hydroxylation is 2. The number of nitrogens with zero attached hydrogens (tertiary/aromatic N) is 2. The third-order valence-corrected chi connectivity index (χ3v) is 6.20. The summed E-state index contributed by atoms with van der Waals surface area (Å²) in [6.45, 7) is 4.53. The van der Waals surface area contributed by atoms with Gasteiger partial charge in [-0.15, -0.1) is 11.3 Å². The van der Waals surface area contributed by atoms with Gasteiger partial charge in [0.25, 0.3) is 11.5 Å². The van der Waals surface area contributed by atoms with Crippen LogP contribution < -0.4 is 10.9 Å². The monoisotopic (exact) mass is 367 g/mol. The van der Waals surface area contributed by atoms with Gasteiger partial charge in [0.05, 0.1) is 16.3 Å². The van der Waals surface area contributed by atoms with Gasteiger partial charge >= 0.3 is 0 Å². The van der Waals surface area contributed by atoms with Crippen LogP contribution in [0.3, 0.4) is 0 Å². The number of hydrogen-bond acceptors (Lipinski definition) is 4. The molecule has 6 heteroatoms. The quantitative estimate of drug-likeness (QED) is 0.769. The van der Waals surface area contributed by atoms with Crippen molar-refractivity contribution in [1.29, 1.82) is 0 Å². The van der Waals surface area contributed by atoms with Crippen LogP contribution in [-0.4, -0.2) is 15.5 Å². The second-order valence-corrected chi connectivity index (χ2v) is 7.78. The minimum absolute atomic E-state index is 0.00592. The first-order chi connectivity index (χ1) is 12.6. The van der Waals surface area contributed by atoms with E-state index < -0.39 is 0 Å². The maximum atomic E-state index is 12.9. The molecule has 5 nitrogen and oxygen atoms in total. The molecule has 1 aliphatic rings. The van der Waals surface area contributed by atoms with Crippen molar-refractivity contribution in [3.05, 3.63) is 62.5 Å². The molecular weight excluding hydrogens is 346 g/mol. The molecule has 4 rings (SSSR count). The summed E-state index contributed by atoms with van der Waals surface area (Å²) in [5.74, 6) is 0.698. The van der Waals surface area contributed by atoms with Crippen LogP contribution in [0.2, 0.25) is 0 Å². The Morgan fingerprint density at radius 2 is 2.04 bits per heavy atom. The number of amides is 1. The van der Waals surface area contributed by atoms with Gasteiger partial charge in [-0.05, 0) is 37.8 Å². The lowest BCUT2D eigenvalue weighted by molar-refractivity contribution is 0.0943. The minimum atomic E-state index is -0.149. The Bertz CT molecular complexity index is 1040. The van der Waals surface area contributed by atoms with Crippen LogP contribution >= 0.6 is 11.3 Å². The van der Waals surface area contributed by atoms with E-state index in [1.54, 1.807) is 4.57 Å². The van der Waals surface area contributed by atoms with E-state index in [9.17, 15) is 9.59 Å². The molecule has 0 aliphatic carbocycles. The molecule has 1 atom stereocenters. The number of thiophene rings is 1. The van der Waals surface area contributed by atoms with E-state index >= 15 is 0 Å². The highest BCUT2D eigenvalue weighted by molar-refractivity contribution is 7.20. The largest absolute Gasteiger partial charge is 0.345 e. The minimum Gasteiger partial charge on any atom is -0.345 e. The molecule has 2 aromatic heterocycles. The van der Waals surface area contributed by atoms with Crippen LogP contribution in [0.4, 0.5) is 0 Å². The Hall–Kier alpha value is -2.47. The van der Waals surface area contributed by atoms with E-state index in [4.69, 9.17) is 0 Å². The van der Waals surface area contributed by atoms with Gasteiger partial charge in [0.1, 0.15) is 10.7 Å². The number of aromatic nitrogens is 2. The molecule has 134 valence electrons. The smallest absolute Gasteiger partial charge is 0.262 e. The fourth-order valence-electron chi connectivity index (χ4n) is 3.54. The Kier molecular flexibility index (Phi) is 4.36. The zero-order valence-electron chi connectivity index (χ0n) is 14.9. The van der Waals surface area contributed by atoms with E-state index in [2.05, 4.69) is 10.3 Å². The van der Waals surface area contributed by atoms with Crippen molar-refractivity contribution in [2.75, 3.05) is 0 Å². The molecule has 0 saturated heterocycles. The lowest BCUT2D eigenvalue weighted by atomic mass is 10.1. The third-order valence-electron chi connectivity index (χ3n) is 5.01. The highest BCUT2D eigenvalue weighted by atomic mass is 32.1. The van der Waals surface area contributed by atoms with Crippen molar-refractivity contribution in [3.8, 4) is 0 Å². The van der Waals surface area contributed by atoms with E-state index in [1.165, 1.54) is 11.3 Å². The van der Waals surface area contributed by atoms with Crippen LogP contribution in [0, 0.1) is 6.92 Å². The predicted octanol–water partition coefficient (Wildman–Crippen LogP) is 3.59. The summed E-state index contributed by atoms with van der Waals surface area (Å²) in [5.41, 5.74) is 1.78. The fourth-order valence-corrected chi connectivity index (χ4v) is 4.63. The van der Waals surface area contributed by atoms with E-state index in [-0.39, 0.29) is 17.5 Å². The molecule has 0 radical (unpaired) electrons. The summed E-state index contributed by atoms with van der Waals surface area (Å²) >= 11 is 1.32. The average molecular weight is 367 g/mol. The van der Waals surface area contributed by atoms with Gasteiger partial charge in [0.15, 0.2) is 0 Å². The first-order valence-electron chi connectivity index (χ1n) is 8.95. The van der Waals surface area contributed by atoms with Gasteiger partial charge in [-0.3, -0.25) is 14.2 Å². The van der Waals surface area contributed by atoms with Crippen LogP contribution in [-0.2, 0) is 13.0 Å². The van der Waals surface area contributed by atoms with Gasteiger partial charge in [-0.1, -0.05) is 30.3 Å². The summed E-state index contributed by atoms with van der Waals surface area (Å²) in [6.07, 6.45) is 2.89. The molecule has 3 aromatic rings. The predicted molar refractivity (Wildman–Crippen MR) is 104 cm³/mol. The van der Waals surface area contributed by atoms with Crippen LogP contribution in [0.5, 0.6) is 0 Å². The second kappa shape index (κ2) is 6.68. The molecule has 1 N–H and O–H groups in total. The molecule has 1 aromatic carbocycles. The zero-order valence-corrected chi connectivity index (χ0v) is 15.7. The average Bonchev–Trinajstić information content (AvgIpc) is 2.99. The number of fused-ring (bicyclic) bond motifs is 2. The molecule has 0 saturated carbocycles. The molecule has 1 aliphatic heterocycles. The van der Waals surface area contributed by atoms with Crippen LogP contribution in [0.1, 0.15) is 52.4 Å². The lowest BCUT2D eigenvalue weighted by Crippen LogP contribution is -2.28. The molecule has 0 unspecified atom stereocenters. The standard InChI is InChI=1S/C20H21N3O2S/c1-12-16-19(22-15-10-6-7-11-23(15)20(16)25)26-17(12)18(24)21-13(2)14-8-4-3-5-9-14/h3-5,8-9,13H,6-7,10-11H2,1-2H3,(H,21,24)/t13-/m0/s1. The van der Waals surface area contributed by atoms with Gasteiger partial charge in [0, 0.05) is 13.0 Å². The van der Waals surface area contributed by atoms with Crippen molar-refractivity contribution in [2.45, 2.75) is 45.7 Å². The number of carbonyl (C=O) groups is 1. The topological polar surface area (TPSA) is 64.0 Å². The number of hydrogen-bond donors (Lipinski definition) is 1. The number of benzene rings is 1. The molecule has 1 amide bonds. The van der Waals surface area contributed by atoms with Crippen molar-refractivity contribution < 1.29 is 4.79 Å². The second-order valence-electron chi connectivity index (χ2n) is 6.78. The van der Waals surface area contributed by atoms with E-state index in [0.717, 1.165) is 42.8 Å². The first-order valence-corrected chi connectivity index (χ1v) is 9.76. The number of nitrogens with one attached hydrogen (secondary N) is 1. The maximum absolute atomic E-state index is 12.9. The van der Waals surface area contributed by atoms with Gasteiger partial charge in [0.2, 0.25) is 0 Å². The molecule has 0 spiro atoms. The van der Waals surface area contributed by atoms with Crippen molar-refractivity contribution in [2.24, 2.45) is 0 Å². The number of rotatable bonds is 3. The third kappa shape index (κ3) is 2.84. The Labute approximate surface area is 155 Å². The van der Waals surface area contributed by atoms with Crippen molar-refractivity contribution in [1.82, 2.24) is 14.9 Å². The fraction of sp³-hybridized carbons (Fsp3) is 0.350. The van der Waals surface area contributed by atoms with Crippen molar-refractivity contribution in [3.63, 3.8) is 0 Å². The Morgan fingerprint density at radius 1 is 1.27 bits per heavy atom. The summed E-state index contributed by atoms with van der Waals surface area (Å²) < 4.78 is 1.78. The highest BCUT2D eigenvalue weighted by Gasteiger charge is 2.23. The molecule has 0 bridgehead atoms. The molecule has 3 heterocycles. The zero-order chi connectivity index (χ0) is 18.3. The summed E-state index contributed by atoms with van der Waals surface area (Å²) in [6, 6.07) is 9.75. The summed E-state index contributed by atoms with van der Waals surface area (Å²) in [4.78, 5) is 31.6. The Balaban J connectivity index is 1.70. The molecule has 0 fully saturated rings. The maximum Gasteiger partial charge on any atom is 0.262 e. The van der Waals surface area contributed by atoms with Crippen LogP contribution in [0.25, 0.3) is 10.2 Å². The van der Waals surface area contributed by atoms with Crippen LogP contribution in [0.15, 0.2) is 35.1 Å². The van der Waals surface area contributed by atoms with Gasteiger partial charge in [-0.2, -0.15) is 0 Å². The van der Waals surface area contributed by atoms with E-state index in [1.807, 2.05) is 44.2 Å². The number of carbonyl (C=O) groups excluding carboxylic acids is 1. The normalized spacial score (nSPS) is 14.8. The van der Waals surface area contributed by atoms with Gasteiger partial charge in [-0.25, -0.2) is 4.98 Å². The SMILES string of the molecule is Cc1c(C(=O)N[C@@H](C)c2ccccc2)sc2nc3n(c(=O)c12)CCCC3. The molecular formula is C20H21N3O2S.